The van der Waals surface area contributed by atoms with Crippen molar-refractivity contribution in [3.05, 3.63) is 23.9 Å². The highest BCUT2D eigenvalue weighted by Crippen LogP contribution is 2.21. The molecule has 0 N–H and O–H groups in total. The number of hydrogen-bond acceptors (Lipinski definition) is 4. The second-order valence-corrected chi connectivity index (χ2v) is 6.45. The summed E-state index contributed by atoms with van der Waals surface area (Å²) in [4.78, 5) is 18.1. The number of amides is 1. The van der Waals surface area contributed by atoms with Crippen LogP contribution < -0.4 is 4.74 Å². The van der Waals surface area contributed by atoms with Gasteiger partial charge in [0.25, 0.3) is 0 Å². The molecule has 5 heteroatoms. The minimum absolute atomic E-state index is 0.0583. The van der Waals surface area contributed by atoms with Crippen molar-refractivity contribution in [1.29, 1.82) is 0 Å². The van der Waals surface area contributed by atoms with Crippen LogP contribution in [0.1, 0.15) is 39.2 Å². The van der Waals surface area contributed by atoms with E-state index >= 15 is 0 Å². The maximum absolute atomic E-state index is 12.2. The number of carbonyl (C=O) groups excluding carboxylic acids is 1. The lowest BCUT2D eigenvalue weighted by molar-refractivity contribution is 0.0186. The molecule has 0 radical (unpaired) electrons. The van der Waals surface area contributed by atoms with Gasteiger partial charge in [0.2, 0.25) is 5.88 Å². The molecule has 0 saturated carbocycles. The van der Waals surface area contributed by atoms with Gasteiger partial charge in [0.05, 0.1) is 6.04 Å². The zero-order valence-electron chi connectivity index (χ0n) is 13.3. The first kappa shape index (κ1) is 15.6. The van der Waals surface area contributed by atoms with Crippen molar-refractivity contribution in [3.8, 4) is 5.88 Å². The van der Waals surface area contributed by atoms with Gasteiger partial charge >= 0.3 is 6.09 Å². The van der Waals surface area contributed by atoms with Crippen LogP contribution in [0.2, 0.25) is 0 Å². The van der Waals surface area contributed by atoms with Crippen molar-refractivity contribution < 1.29 is 14.3 Å². The number of pyridine rings is 1. The number of carbonyl (C=O) groups is 1. The zero-order valence-corrected chi connectivity index (χ0v) is 13.3. The number of likely N-dealkylation sites (tertiary alicyclic amines) is 1. The van der Waals surface area contributed by atoms with Crippen LogP contribution in [-0.2, 0) is 4.74 Å². The molecular weight excluding hydrogens is 268 g/mol. The van der Waals surface area contributed by atoms with Gasteiger partial charge in [-0.25, -0.2) is 9.78 Å². The Bertz CT molecular complexity index is 479. The molecule has 2 rings (SSSR count). The van der Waals surface area contributed by atoms with E-state index in [1.165, 1.54) is 0 Å². The van der Waals surface area contributed by atoms with Crippen LogP contribution in [0.25, 0.3) is 0 Å². The van der Waals surface area contributed by atoms with Crippen LogP contribution in [-0.4, -0.2) is 40.8 Å². The van der Waals surface area contributed by atoms with E-state index in [4.69, 9.17) is 9.47 Å². The van der Waals surface area contributed by atoms with Gasteiger partial charge in [0, 0.05) is 18.8 Å². The van der Waals surface area contributed by atoms with Gasteiger partial charge in [-0.1, -0.05) is 6.07 Å². The Labute approximate surface area is 126 Å². The van der Waals surface area contributed by atoms with E-state index < -0.39 is 5.60 Å². The molecule has 1 aliphatic heterocycles. The Morgan fingerprint density at radius 2 is 2.19 bits per heavy atom. The first-order chi connectivity index (χ1) is 9.85. The van der Waals surface area contributed by atoms with Gasteiger partial charge in [-0.3, -0.25) is 0 Å². The number of ether oxygens (including phenoxy) is 2. The molecule has 0 spiro atoms. The average molecular weight is 292 g/mol. The molecule has 1 aromatic heterocycles. The maximum atomic E-state index is 12.2. The topological polar surface area (TPSA) is 51.7 Å². The molecule has 2 heterocycles. The van der Waals surface area contributed by atoms with E-state index in [1.807, 2.05) is 39.8 Å². The number of nitrogens with zero attached hydrogens (tertiary/aromatic N) is 2. The van der Waals surface area contributed by atoms with Gasteiger partial charge in [-0.15, -0.1) is 0 Å². The first-order valence-electron chi connectivity index (χ1n) is 7.40. The predicted molar refractivity (Wildman–Crippen MR) is 80.4 cm³/mol. The lowest BCUT2D eigenvalue weighted by atomic mass is 10.2. The van der Waals surface area contributed by atoms with Gasteiger partial charge in [0.1, 0.15) is 12.2 Å². The molecule has 1 aliphatic rings. The van der Waals surface area contributed by atoms with Gasteiger partial charge in [-0.05, 0) is 46.1 Å². The molecule has 116 valence electrons. The van der Waals surface area contributed by atoms with Crippen LogP contribution >= 0.6 is 0 Å². The smallest absolute Gasteiger partial charge is 0.410 e. The lowest BCUT2D eigenvalue weighted by Gasteiger charge is -2.28. The van der Waals surface area contributed by atoms with Crippen molar-refractivity contribution in [2.24, 2.45) is 0 Å². The van der Waals surface area contributed by atoms with E-state index in [-0.39, 0.29) is 12.1 Å². The maximum Gasteiger partial charge on any atom is 0.410 e. The fraction of sp³-hybridized carbons (Fsp3) is 0.625. The molecule has 1 atom stereocenters. The monoisotopic (exact) mass is 292 g/mol. The molecule has 1 fully saturated rings. The SMILES string of the molecule is Cc1ccc(OCC2CCCN2C(=O)OC(C)(C)C)nc1. The number of aromatic nitrogens is 1. The summed E-state index contributed by atoms with van der Waals surface area (Å²) in [5.74, 6) is 0.594. The third-order valence-electron chi connectivity index (χ3n) is 3.31. The Kier molecular flexibility index (Phi) is 4.70. The normalized spacial score (nSPS) is 18.7. The minimum atomic E-state index is -0.469. The molecule has 21 heavy (non-hydrogen) atoms. The van der Waals surface area contributed by atoms with Crippen LogP contribution in [0.4, 0.5) is 4.79 Å². The summed E-state index contributed by atoms with van der Waals surface area (Å²) in [6.07, 6.45) is 3.43. The van der Waals surface area contributed by atoms with Crippen LogP contribution in [0.15, 0.2) is 18.3 Å². The van der Waals surface area contributed by atoms with E-state index in [0.29, 0.717) is 12.5 Å². The van der Waals surface area contributed by atoms with Gasteiger partial charge in [-0.2, -0.15) is 0 Å². The largest absolute Gasteiger partial charge is 0.475 e. The highest BCUT2D eigenvalue weighted by molar-refractivity contribution is 5.69. The first-order valence-corrected chi connectivity index (χ1v) is 7.40. The van der Waals surface area contributed by atoms with Crippen LogP contribution in [0, 0.1) is 6.92 Å². The fourth-order valence-electron chi connectivity index (χ4n) is 2.29. The quantitative estimate of drug-likeness (QED) is 0.858. The second kappa shape index (κ2) is 6.33. The predicted octanol–water partition coefficient (Wildman–Crippen LogP) is 3.17. The number of aryl methyl sites for hydroxylation is 1. The second-order valence-electron chi connectivity index (χ2n) is 6.45. The highest BCUT2D eigenvalue weighted by Gasteiger charge is 2.32. The van der Waals surface area contributed by atoms with Crippen molar-refractivity contribution in [3.63, 3.8) is 0 Å². The standard InChI is InChI=1S/C16H24N2O3/c1-12-7-8-14(17-10-12)20-11-13-6-5-9-18(13)15(19)21-16(2,3)4/h7-8,10,13H,5-6,9,11H2,1-4H3. The molecule has 5 nitrogen and oxygen atoms in total. The molecule has 1 aromatic rings. The van der Waals surface area contributed by atoms with Crippen molar-refractivity contribution in [2.75, 3.05) is 13.2 Å². The Morgan fingerprint density at radius 3 is 2.81 bits per heavy atom. The van der Waals surface area contributed by atoms with E-state index in [2.05, 4.69) is 4.98 Å². The molecule has 0 aliphatic carbocycles. The van der Waals surface area contributed by atoms with E-state index in [0.717, 1.165) is 24.9 Å². The highest BCUT2D eigenvalue weighted by atomic mass is 16.6. The summed E-state index contributed by atoms with van der Waals surface area (Å²) in [6.45, 7) is 8.80. The third-order valence-corrected chi connectivity index (χ3v) is 3.31. The Hall–Kier alpha value is -1.78. The summed E-state index contributed by atoms with van der Waals surface area (Å²) in [7, 11) is 0. The summed E-state index contributed by atoms with van der Waals surface area (Å²) >= 11 is 0. The van der Waals surface area contributed by atoms with Gasteiger partial charge in [0.15, 0.2) is 0 Å². The fourth-order valence-corrected chi connectivity index (χ4v) is 2.29. The number of hydrogen-bond donors (Lipinski definition) is 0. The lowest BCUT2D eigenvalue weighted by Crippen LogP contribution is -2.42. The third kappa shape index (κ3) is 4.62. The van der Waals surface area contributed by atoms with Gasteiger partial charge < -0.3 is 14.4 Å². The molecule has 1 saturated heterocycles. The Morgan fingerprint density at radius 1 is 1.43 bits per heavy atom. The van der Waals surface area contributed by atoms with Crippen molar-refractivity contribution in [1.82, 2.24) is 9.88 Å². The molecular formula is C16H24N2O3. The van der Waals surface area contributed by atoms with E-state index in [9.17, 15) is 4.79 Å². The molecule has 0 bridgehead atoms. The number of rotatable bonds is 3. The minimum Gasteiger partial charge on any atom is -0.475 e. The molecule has 1 unspecified atom stereocenters. The summed E-state index contributed by atoms with van der Waals surface area (Å²) in [6, 6.07) is 3.87. The van der Waals surface area contributed by atoms with Crippen molar-refractivity contribution in [2.45, 2.75) is 52.2 Å². The summed E-state index contributed by atoms with van der Waals surface area (Å²) in [5.41, 5.74) is 0.627. The summed E-state index contributed by atoms with van der Waals surface area (Å²) < 4.78 is 11.1. The Balaban J connectivity index is 1.90. The zero-order chi connectivity index (χ0) is 15.5. The summed E-state index contributed by atoms with van der Waals surface area (Å²) in [5, 5.41) is 0. The molecule has 0 aromatic carbocycles. The van der Waals surface area contributed by atoms with Crippen LogP contribution in [0.3, 0.4) is 0 Å². The van der Waals surface area contributed by atoms with Crippen molar-refractivity contribution >= 4 is 6.09 Å². The van der Waals surface area contributed by atoms with E-state index in [1.54, 1.807) is 11.1 Å². The average Bonchev–Trinajstić information content (AvgIpc) is 2.84. The molecule has 1 amide bonds. The van der Waals surface area contributed by atoms with Crippen LogP contribution in [0.5, 0.6) is 5.88 Å².